The van der Waals surface area contributed by atoms with Crippen LogP contribution < -0.4 is 21.7 Å². The number of amides is 1. The molecule has 44 heavy (non-hydrogen) atoms. The lowest BCUT2D eigenvalue weighted by molar-refractivity contribution is -0.134. The molecule has 4 rings (SSSR count). The average molecular weight is 605 g/mol. The number of aryl methyl sites for hydroxylation is 2. The van der Waals surface area contributed by atoms with Crippen molar-refractivity contribution in [2.45, 2.75) is 34.6 Å². The number of nitrogens with one attached hydrogen (secondary N) is 2. The van der Waals surface area contributed by atoms with Crippen LogP contribution in [0.15, 0.2) is 57.9 Å². The van der Waals surface area contributed by atoms with Crippen molar-refractivity contribution in [3.63, 3.8) is 0 Å². The van der Waals surface area contributed by atoms with Gasteiger partial charge in [-0.15, -0.1) is 0 Å². The number of carbonyl (C=O) groups is 2. The zero-order valence-electron chi connectivity index (χ0n) is 26.3. The van der Waals surface area contributed by atoms with E-state index in [9.17, 15) is 4.79 Å². The number of anilines is 1. The summed E-state index contributed by atoms with van der Waals surface area (Å²) in [6, 6.07) is 16.0. The summed E-state index contributed by atoms with van der Waals surface area (Å²) in [4.78, 5) is 27.1. The summed E-state index contributed by atoms with van der Waals surface area (Å²) in [5.74, 6) is -0.261. The molecule has 0 saturated heterocycles. The Balaban J connectivity index is 0.00000124. The van der Waals surface area contributed by atoms with Crippen LogP contribution in [0, 0.1) is 13.8 Å². The molecule has 5 N–H and O–H groups in total. The quantitative estimate of drug-likeness (QED) is 0.123. The average Bonchev–Trinajstić information content (AvgIpc) is 2.98. The van der Waals surface area contributed by atoms with E-state index in [-0.39, 0.29) is 5.91 Å². The summed E-state index contributed by atoms with van der Waals surface area (Å²) in [5.41, 5.74) is 12.7. The normalized spacial score (nSPS) is 11.4. The Morgan fingerprint density at radius 1 is 0.955 bits per heavy atom. The molecular formula is C34H44N4O6. The second-order valence-electron chi connectivity index (χ2n) is 10.1. The zero-order chi connectivity index (χ0) is 32.1. The Labute approximate surface area is 258 Å². The molecular weight excluding hydrogens is 560 g/mol. The Hall–Kier alpha value is -4.25. The molecule has 1 aliphatic carbocycles. The number of rotatable bonds is 13. The number of fused-ring (bicyclic) bond motifs is 2. The number of aliphatic carboxylic acids is 1. The molecule has 2 aromatic carbocycles. The summed E-state index contributed by atoms with van der Waals surface area (Å²) in [7, 11) is 0. The van der Waals surface area contributed by atoms with Gasteiger partial charge in [-0.2, -0.15) is 0 Å². The molecule has 0 bridgehead atoms. The number of benzene rings is 3. The van der Waals surface area contributed by atoms with Gasteiger partial charge in [0.15, 0.2) is 0 Å². The van der Waals surface area contributed by atoms with Gasteiger partial charge in [0.2, 0.25) is 0 Å². The second-order valence-corrected chi connectivity index (χ2v) is 10.1. The SMILES string of the molecule is CC(=O)O.CCN=c1cc2oc3cc(NCC)c(C)cc3c(-c3ccccc3C(=O)NCCOCCOCCN)c-2cc1C. The van der Waals surface area contributed by atoms with E-state index in [4.69, 9.17) is 29.5 Å². The Morgan fingerprint density at radius 2 is 1.66 bits per heavy atom. The lowest BCUT2D eigenvalue weighted by Gasteiger charge is -2.20. The van der Waals surface area contributed by atoms with Crippen LogP contribution in [0.1, 0.15) is 42.3 Å². The minimum absolute atomic E-state index is 0.156. The summed E-state index contributed by atoms with van der Waals surface area (Å²) in [6.07, 6.45) is 0. The maximum absolute atomic E-state index is 13.4. The van der Waals surface area contributed by atoms with Crippen molar-refractivity contribution < 1.29 is 28.6 Å². The smallest absolute Gasteiger partial charge is 0.300 e. The van der Waals surface area contributed by atoms with Crippen LogP contribution in [0.25, 0.3) is 33.4 Å². The van der Waals surface area contributed by atoms with E-state index in [1.807, 2.05) is 43.3 Å². The summed E-state index contributed by atoms with van der Waals surface area (Å²) < 4.78 is 17.4. The minimum atomic E-state index is -0.833. The van der Waals surface area contributed by atoms with Crippen LogP contribution in [-0.4, -0.2) is 69.6 Å². The molecule has 236 valence electrons. The molecule has 0 radical (unpaired) electrons. The van der Waals surface area contributed by atoms with Crippen molar-refractivity contribution in [1.29, 1.82) is 0 Å². The van der Waals surface area contributed by atoms with Crippen molar-refractivity contribution in [3.8, 4) is 22.5 Å². The van der Waals surface area contributed by atoms with Crippen molar-refractivity contribution in [3.05, 3.63) is 70.6 Å². The molecule has 1 amide bonds. The number of hydrogen-bond acceptors (Lipinski definition) is 8. The van der Waals surface area contributed by atoms with Gasteiger partial charge in [0.05, 0.1) is 31.8 Å². The van der Waals surface area contributed by atoms with Gasteiger partial charge in [-0.1, -0.05) is 18.2 Å². The number of ether oxygens (including phenoxy) is 2. The molecule has 0 aromatic heterocycles. The number of nitrogens with zero attached hydrogens (tertiary/aromatic N) is 1. The highest BCUT2D eigenvalue weighted by atomic mass is 16.5. The number of carboxylic acid groups (broad SMARTS) is 1. The molecule has 2 aliphatic rings. The molecule has 0 saturated carbocycles. The van der Waals surface area contributed by atoms with Crippen molar-refractivity contribution >= 4 is 28.5 Å². The van der Waals surface area contributed by atoms with Gasteiger partial charge in [-0.25, -0.2) is 0 Å². The van der Waals surface area contributed by atoms with Crippen LogP contribution in [0.4, 0.5) is 5.69 Å². The van der Waals surface area contributed by atoms with E-state index >= 15 is 0 Å². The zero-order valence-corrected chi connectivity index (χ0v) is 26.3. The molecule has 0 atom stereocenters. The first kappa shape index (κ1) is 34.2. The van der Waals surface area contributed by atoms with E-state index in [1.165, 1.54) is 0 Å². The topological polar surface area (TPSA) is 148 Å². The van der Waals surface area contributed by atoms with Gasteiger partial charge in [0.25, 0.3) is 11.9 Å². The molecule has 2 aromatic rings. The molecule has 10 nitrogen and oxygen atoms in total. The van der Waals surface area contributed by atoms with Crippen LogP contribution in [-0.2, 0) is 14.3 Å². The molecule has 0 spiro atoms. The van der Waals surface area contributed by atoms with E-state index in [2.05, 4.69) is 48.5 Å². The second kappa shape index (κ2) is 17.1. The van der Waals surface area contributed by atoms with Crippen molar-refractivity contribution in [1.82, 2.24) is 5.32 Å². The molecule has 0 fully saturated rings. The number of nitrogens with two attached hydrogens (primary N) is 1. The molecule has 10 heteroatoms. The largest absolute Gasteiger partial charge is 0.481 e. The van der Waals surface area contributed by atoms with Crippen LogP contribution in [0.2, 0.25) is 0 Å². The maximum Gasteiger partial charge on any atom is 0.300 e. The van der Waals surface area contributed by atoms with E-state index in [0.29, 0.717) is 51.6 Å². The number of hydrogen-bond donors (Lipinski definition) is 4. The summed E-state index contributed by atoms with van der Waals surface area (Å²) in [5, 5.41) is 15.7. The van der Waals surface area contributed by atoms with Crippen molar-refractivity contribution in [2.75, 3.05) is 57.9 Å². The van der Waals surface area contributed by atoms with Gasteiger partial charge in [0, 0.05) is 73.0 Å². The first-order valence-electron chi connectivity index (χ1n) is 14.9. The predicted molar refractivity (Wildman–Crippen MR) is 174 cm³/mol. The summed E-state index contributed by atoms with van der Waals surface area (Å²) >= 11 is 0. The van der Waals surface area contributed by atoms with Gasteiger partial charge >= 0.3 is 0 Å². The number of carboxylic acids is 1. The summed E-state index contributed by atoms with van der Waals surface area (Å²) in [6.45, 7) is 13.5. The molecule has 0 unspecified atom stereocenters. The lowest BCUT2D eigenvalue weighted by atomic mass is 9.89. The van der Waals surface area contributed by atoms with Crippen molar-refractivity contribution in [2.24, 2.45) is 10.7 Å². The first-order valence-corrected chi connectivity index (χ1v) is 14.9. The van der Waals surface area contributed by atoms with Gasteiger partial charge in [-0.05, 0) is 62.6 Å². The number of carbonyl (C=O) groups excluding carboxylic acids is 1. The van der Waals surface area contributed by atoms with Gasteiger partial charge in [0.1, 0.15) is 11.3 Å². The maximum atomic E-state index is 13.4. The third-order valence-corrected chi connectivity index (χ3v) is 6.69. The van der Waals surface area contributed by atoms with E-state index < -0.39 is 5.97 Å². The third-order valence-electron chi connectivity index (χ3n) is 6.69. The minimum Gasteiger partial charge on any atom is -0.481 e. The fraction of sp³-hybridized carbons (Fsp3) is 0.382. The highest BCUT2D eigenvalue weighted by molar-refractivity contribution is 6.09. The Morgan fingerprint density at radius 3 is 2.34 bits per heavy atom. The Bertz CT molecular complexity index is 1590. The van der Waals surface area contributed by atoms with Gasteiger partial charge < -0.3 is 35.4 Å². The fourth-order valence-corrected chi connectivity index (χ4v) is 4.84. The predicted octanol–water partition coefficient (Wildman–Crippen LogP) is 4.99. The van der Waals surface area contributed by atoms with Crippen LogP contribution in [0.3, 0.4) is 0 Å². The molecule has 1 heterocycles. The third kappa shape index (κ3) is 9.12. The standard InChI is InChI=1S/C32H40N4O4.C2H4O2/c1-5-34-27-19-29-25(17-21(27)3)31(26-18-22(4)28(35-6-2)20-30(26)40-29)23-9-7-8-10-24(23)32(37)36-12-14-39-16-15-38-13-11-33;1-2(3)4/h7-10,17-20,34H,5-6,11-16,33H2,1-4H3,(H,36,37);1H3,(H,3,4). The highest BCUT2D eigenvalue weighted by Gasteiger charge is 2.22. The lowest BCUT2D eigenvalue weighted by Crippen LogP contribution is -2.28. The fourth-order valence-electron chi connectivity index (χ4n) is 4.84. The highest BCUT2D eigenvalue weighted by Crippen LogP contribution is 2.42. The van der Waals surface area contributed by atoms with E-state index in [1.54, 1.807) is 0 Å². The Kier molecular flexibility index (Phi) is 13.3. The van der Waals surface area contributed by atoms with Crippen LogP contribution >= 0.6 is 0 Å². The molecule has 1 aliphatic heterocycles. The van der Waals surface area contributed by atoms with Gasteiger partial charge in [-0.3, -0.25) is 14.6 Å². The van der Waals surface area contributed by atoms with Crippen LogP contribution in [0.5, 0.6) is 0 Å². The monoisotopic (exact) mass is 604 g/mol. The first-order chi connectivity index (χ1) is 21.2. The van der Waals surface area contributed by atoms with E-state index in [0.717, 1.165) is 69.1 Å².